The van der Waals surface area contributed by atoms with Crippen molar-refractivity contribution in [1.82, 2.24) is 0 Å². The molecule has 0 aromatic heterocycles. The molecule has 0 fully saturated rings. The molecular formula is C5H4F8O. The highest BCUT2D eigenvalue weighted by molar-refractivity contribution is 4.62. The molecular weight excluding hydrogens is 228 g/mol. The van der Waals surface area contributed by atoms with Crippen LogP contribution in [-0.4, -0.2) is 25.1 Å². The number of hydrogen-bond acceptors (Lipinski definition) is 1. The molecule has 0 unspecified atom stereocenters. The first-order valence-corrected chi connectivity index (χ1v) is 3.07. The first kappa shape index (κ1) is 13.4. The molecule has 0 aliphatic carbocycles. The predicted molar refractivity (Wildman–Crippen MR) is 27.6 cm³/mol. The lowest BCUT2D eigenvalue weighted by Crippen LogP contribution is -2.32. The molecule has 9 heteroatoms. The topological polar surface area (TPSA) is 9.23 Å². The Bertz CT molecular complexity index is 179. The van der Waals surface area contributed by atoms with Crippen LogP contribution in [0.2, 0.25) is 0 Å². The first-order valence-electron chi connectivity index (χ1n) is 3.07. The molecule has 0 bridgehead atoms. The van der Waals surface area contributed by atoms with Crippen LogP contribution in [0.4, 0.5) is 35.1 Å². The van der Waals surface area contributed by atoms with Crippen molar-refractivity contribution in [2.75, 3.05) is 6.61 Å². The SMILES string of the molecule is FC(F)(F)COC(F)(F)CC(F)(F)F. The average Bonchev–Trinajstić information content (AvgIpc) is 1.76. The van der Waals surface area contributed by atoms with Crippen molar-refractivity contribution in [2.45, 2.75) is 24.9 Å². The Hall–Kier alpha value is -0.600. The number of hydrogen-bond donors (Lipinski definition) is 0. The Kier molecular flexibility index (Phi) is 3.71. The summed E-state index contributed by atoms with van der Waals surface area (Å²) in [5, 5.41) is 0. The Morgan fingerprint density at radius 1 is 0.714 bits per heavy atom. The molecule has 0 N–H and O–H groups in total. The van der Waals surface area contributed by atoms with Crippen LogP contribution in [0.1, 0.15) is 6.42 Å². The zero-order valence-corrected chi connectivity index (χ0v) is 6.35. The molecule has 0 atom stereocenters. The molecule has 86 valence electrons. The molecule has 0 spiro atoms. The molecule has 0 aromatic carbocycles. The lowest BCUT2D eigenvalue weighted by Gasteiger charge is -2.19. The van der Waals surface area contributed by atoms with Crippen LogP contribution >= 0.6 is 0 Å². The van der Waals surface area contributed by atoms with Gasteiger partial charge in [0.2, 0.25) is 0 Å². The molecule has 0 amide bonds. The minimum Gasteiger partial charge on any atom is -0.311 e. The largest absolute Gasteiger partial charge is 0.412 e. The van der Waals surface area contributed by atoms with E-state index in [1.54, 1.807) is 0 Å². The van der Waals surface area contributed by atoms with Crippen molar-refractivity contribution in [3.63, 3.8) is 0 Å². The predicted octanol–water partition coefficient (Wildman–Crippen LogP) is 3.11. The summed E-state index contributed by atoms with van der Waals surface area (Å²) in [5.74, 6) is 0. The molecule has 0 saturated carbocycles. The number of ether oxygens (including phenoxy) is 1. The summed E-state index contributed by atoms with van der Waals surface area (Å²) in [5.41, 5.74) is 0. The summed E-state index contributed by atoms with van der Waals surface area (Å²) in [7, 11) is 0. The van der Waals surface area contributed by atoms with Gasteiger partial charge in [0, 0.05) is 0 Å². The zero-order chi connectivity index (χ0) is 11.6. The van der Waals surface area contributed by atoms with Gasteiger partial charge in [-0.25, -0.2) is 0 Å². The summed E-state index contributed by atoms with van der Waals surface area (Å²) in [6, 6.07) is 0. The Morgan fingerprint density at radius 2 is 1.14 bits per heavy atom. The molecule has 0 aliphatic rings. The highest BCUT2D eigenvalue weighted by Crippen LogP contribution is 2.33. The van der Waals surface area contributed by atoms with Crippen LogP contribution in [0.5, 0.6) is 0 Å². The third-order valence-corrected chi connectivity index (χ3v) is 0.853. The number of halogens is 8. The van der Waals surface area contributed by atoms with Gasteiger partial charge in [0.15, 0.2) is 0 Å². The minimum absolute atomic E-state index is 2.42. The normalized spacial score (nSPS) is 14.6. The fourth-order valence-electron chi connectivity index (χ4n) is 0.472. The van der Waals surface area contributed by atoms with Crippen LogP contribution in [0.3, 0.4) is 0 Å². The second kappa shape index (κ2) is 3.87. The van der Waals surface area contributed by atoms with E-state index in [4.69, 9.17) is 0 Å². The van der Waals surface area contributed by atoms with E-state index >= 15 is 0 Å². The lowest BCUT2D eigenvalue weighted by molar-refractivity contribution is -0.321. The highest BCUT2D eigenvalue weighted by Gasteiger charge is 2.46. The van der Waals surface area contributed by atoms with E-state index in [-0.39, 0.29) is 0 Å². The summed E-state index contributed by atoms with van der Waals surface area (Å²) < 4.78 is 94.6. The van der Waals surface area contributed by atoms with Crippen LogP contribution in [0.25, 0.3) is 0 Å². The molecule has 0 radical (unpaired) electrons. The van der Waals surface area contributed by atoms with Crippen LogP contribution in [-0.2, 0) is 4.74 Å². The highest BCUT2D eigenvalue weighted by atomic mass is 19.4. The van der Waals surface area contributed by atoms with Gasteiger partial charge in [-0.05, 0) is 0 Å². The molecule has 14 heavy (non-hydrogen) atoms. The molecule has 0 heterocycles. The quantitative estimate of drug-likeness (QED) is 0.679. The van der Waals surface area contributed by atoms with Crippen molar-refractivity contribution < 1.29 is 39.9 Å². The fraction of sp³-hybridized carbons (Fsp3) is 1.00. The first-order chi connectivity index (χ1) is 5.91. The minimum atomic E-state index is -5.28. The monoisotopic (exact) mass is 232 g/mol. The van der Waals surface area contributed by atoms with E-state index in [9.17, 15) is 35.1 Å². The van der Waals surface area contributed by atoms with E-state index < -0.39 is 31.5 Å². The Morgan fingerprint density at radius 3 is 1.43 bits per heavy atom. The zero-order valence-electron chi connectivity index (χ0n) is 6.35. The standard InChI is InChI=1S/C5H4F8O/c6-3(7,8)1-5(12,13)14-2-4(9,10)11/h1-2H2. The average molecular weight is 232 g/mol. The molecule has 0 aliphatic heterocycles. The molecule has 0 rings (SSSR count). The van der Waals surface area contributed by atoms with Gasteiger partial charge in [-0.15, -0.1) is 0 Å². The van der Waals surface area contributed by atoms with Gasteiger partial charge in [-0.1, -0.05) is 0 Å². The summed E-state index contributed by atoms with van der Waals surface area (Å²) in [6.07, 6.45) is -18.0. The van der Waals surface area contributed by atoms with Gasteiger partial charge in [0.1, 0.15) is 13.0 Å². The van der Waals surface area contributed by atoms with Gasteiger partial charge in [-0.2, -0.15) is 35.1 Å². The Balaban J connectivity index is 4.09. The molecule has 1 nitrogen and oxygen atoms in total. The van der Waals surface area contributed by atoms with Gasteiger partial charge in [-0.3, -0.25) is 0 Å². The smallest absolute Gasteiger partial charge is 0.311 e. The van der Waals surface area contributed by atoms with E-state index in [1.807, 2.05) is 0 Å². The lowest BCUT2D eigenvalue weighted by atomic mass is 10.4. The van der Waals surface area contributed by atoms with E-state index in [2.05, 4.69) is 4.74 Å². The Labute approximate surface area is 72.6 Å². The maximum Gasteiger partial charge on any atom is 0.412 e. The summed E-state index contributed by atoms with van der Waals surface area (Å²) in [4.78, 5) is 0. The van der Waals surface area contributed by atoms with E-state index in [1.165, 1.54) is 0 Å². The van der Waals surface area contributed by atoms with Crippen molar-refractivity contribution in [3.05, 3.63) is 0 Å². The number of rotatable bonds is 3. The maximum atomic E-state index is 12.0. The van der Waals surface area contributed by atoms with Crippen LogP contribution in [0, 0.1) is 0 Å². The summed E-state index contributed by atoms with van der Waals surface area (Å²) in [6.45, 7) is -2.42. The third-order valence-electron chi connectivity index (χ3n) is 0.853. The second-order valence-corrected chi connectivity index (χ2v) is 2.33. The second-order valence-electron chi connectivity index (χ2n) is 2.33. The van der Waals surface area contributed by atoms with Crippen molar-refractivity contribution >= 4 is 0 Å². The third kappa shape index (κ3) is 8.02. The van der Waals surface area contributed by atoms with Gasteiger partial charge in [0.05, 0.1) is 0 Å². The van der Waals surface area contributed by atoms with Gasteiger partial charge in [0.25, 0.3) is 0 Å². The molecule has 0 saturated heterocycles. The maximum absolute atomic E-state index is 12.0. The summed E-state index contributed by atoms with van der Waals surface area (Å²) >= 11 is 0. The van der Waals surface area contributed by atoms with Crippen LogP contribution in [0.15, 0.2) is 0 Å². The van der Waals surface area contributed by atoms with E-state index in [0.29, 0.717) is 0 Å². The number of alkyl halides is 8. The van der Waals surface area contributed by atoms with E-state index in [0.717, 1.165) is 0 Å². The van der Waals surface area contributed by atoms with Crippen molar-refractivity contribution in [2.24, 2.45) is 0 Å². The van der Waals surface area contributed by atoms with Gasteiger partial charge < -0.3 is 4.74 Å². The van der Waals surface area contributed by atoms with Gasteiger partial charge >= 0.3 is 18.5 Å². The van der Waals surface area contributed by atoms with Crippen LogP contribution < -0.4 is 0 Å². The van der Waals surface area contributed by atoms with Crippen molar-refractivity contribution in [1.29, 1.82) is 0 Å². The fourth-order valence-corrected chi connectivity index (χ4v) is 0.472. The van der Waals surface area contributed by atoms with Crippen molar-refractivity contribution in [3.8, 4) is 0 Å². The molecule has 0 aromatic rings.